The molecule has 0 radical (unpaired) electrons. The van der Waals surface area contributed by atoms with Gasteiger partial charge >= 0.3 is 0 Å². The van der Waals surface area contributed by atoms with Crippen molar-refractivity contribution in [1.82, 2.24) is 9.97 Å². The van der Waals surface area contributed by atoms with Gasteiger partial charge in [0, 0.05) is 12.4 Å². The normalized spacial score (nSPS) is 9.88. The summed E-state index contributed by atoms with van der Waals surface area (Å²) in [4.78, 5) is 8.43. The zero-order valence-corrected chi connectivity index (χ0v) is 9.27. The number of hydrogen-bond donors (Lipinski definition) is 1. The summed E-state index contributed by atoms with van der Waals surface area (Å²) in [6.45, 7) is 2.00. The quantitative estimate of drug-likeness (QED) is 0.854. The van der Waals surface area contributed by atoms with Gasteiger partial charge in [0.05, 0.1) is 7.11 Å². The van der Waals surface area contributed by atoms with Crippen molar-refractivity contribution in [1.29, 1.82) is 0 Å². The van der Waals surface area contributed by atoms with Crippen molar-refractivity contribution in [3.8, 4) is 5.75 Å². The smallest absolute Gasteiger partial charge is 0.174 e. The van der Waals surface area contributed by atoms with Crippen LogP contribution < -0.4 is 10.1 Å². The van der Waals surface area contributed by atoms with Crippen LogP contribution in [0.25, 0.3) is 0 Å². The van der Waals surface area contributed by atoms with Gasteiger partial charge in [0.25, 0.3) is 0 Å². The number of hydrogen-bond acceptors (Lipinski definition) is 4. The van der Waals surface area contributed by atoms with Crippen molar-refractivity contribution in [2.45, 2.75) is 6.92 Å². The number of pyridine rings is 2. The molecule has 2 aromatic heterocycles. The van der Waals surface area contributed by atoms with E-state index in [0.717, 1.165) is 11.4 Å². The minimum atomic E-state index is 0.668. The second kappa shape index (κ2) is 4.61. The first kappa shape index (κ1) is 10.4. The molecule has 82 valence electrons. The van der Waals surface area contributed by atoms with Crippen LogP contribution in [0.4, 0.5) is 11.6 Å². The van der Waals surface area contributed by atoms with Crippen LogP contribution in [0.1, 0.15) is 5.56 Å². The largest absolute Gasteiger partial charge is 0.493 e. The molecule has 4 nitrogen and oxygen atoms in total. The van der Waals surface area contributed by atoms with E-state index in [1.165, 1.54) is 0 Å². The maximum Gasteiger partial charge on any atom is 0.174 e. The Labute approximate surface area is 94.3 Å². The molecule has 0 bridgehead atoms. The van der Waals surface area contributed by atoms with Gasteiger partial charge in [0.1, 0.15) is 5.82 Å². The molecule has 0 saturated heterocycles. The van der Waals surface area contributed by atoms with Gasteiger partial charge in [-0.25, -0.2) is 9.97 Å². The molecular weight excluding hydrogens is 202 g/mol. The number of nitrogens with one attached hydrogen (secondary N) is 1. The summed E-state index contributed by atoms with van der Waals surface area (Å²) in [5.74, 6) is 2.12. The molecule has 2 heterocycles. The van der Waals surface area contributed by atoms with Crippen molar-refractivity contribution >= 4 is 11.6 Å². The molecule has 0 saturated carbocycles. The molecule has 0 fully saturated rings. The fourth-order valence-corrected chi connectivity index (χ4v) is 1.31. The Morgan fingerprint density at radius 1 is 1.19 bits per heavy atom. The molecule has 1 N–H and O–H groups in total. The van der Waals surface area contributed by atoms with Crippen molar-refractivity contribution in [2.24, 2.45) is 0 Å². The van der Waals surface area contributed by atoms with Crippen LogP contribution in [0.3, 0.4) is 0 Å². The Balaban J connectivity index is 2.23. The summed E-state index contributed by atoms with van der Waals surface area (Å²) in [5, 5.41) is 3.10. The Bertz CT molecular complexity index is 468. The lowest BCUT2D eigenvalue weighted by molar-refractivity contribution is 0.415. The first-order chi connectivity index (χ1) is 7.79. The molecule has 0 aliphatic rings. The maximum atomic E-state index is 5.19. The molecule has 16 heavy (non-hydrogen) atoms. The zero-order valence-electron chi connectivity index (χ0n) is 9.27. The average Bonchev–Trinajstić information content (AvgIpc) is 2.33. The molecular formula is C12H13N3O. The summed E-state index contributed by atoms with van der Waals surface area (Å²) in [6.07, 6.45) is 3.51. The topological polar surface area (TPSA) is 47.0 Å². The number of rotatable bonds is 3. The standard InChI is InChI=1S/C12H13N3O/c1-9-5-6-11(14-8-9)15-12-10(16-2)4-3-7-13-12/h3-8H,1-2H3,(H,13,14,15). The third kappa shape index (κ3) is 2.28. The lowest BCUT2D eigenvalue weighted by Gasteiger charge is -2.08. The predicted molar refractivity (Wildman–Crippen MR) is 63.0 cm³/mol. The van der Waals surface area contributed by atoms with Crippen LogP contribution in [0, 0.1) is 6.92 Å². The van der Waals surface area contributed by atoms with Crippen LogP contribution in [0.15, 0.2) is 36.7 Å². The van der Waals surface area contributed by atoms with Crippen LogP contribution in [0.2, 0.25) is 0 Å². The molecule has 2 aromatic rings. The molecule has 0 atom stereocenters. The maximum absolute atomic E-state index is 5.19. The van der Waals surface area contributed by atoms with Gasteiger partial charge < -0.3 is 10.1 Å². The highest BCUT2D eigenvalue weighted by Crippen LogP contribution is 2.23. The summed E-state index contributed by atoms with van der Waals surface area (Å²) >= 11 is 0. The van der Waals surface area contributed by atoms with Gasteiger partial charge in [-0.05, 0) is 30.7 Å². The molecule has 0 spiro atoms. The van der Waals surface area contributed by atoms with Crippen molar-refractivity contribution < 1.29 is 4.74 Å². The lowest BCUT2D eigenvalue weighted by atomic mass is 10.3. The fourth-order valence-electron chi connectivity index (χ4n) is 1.31. The van der Waals surface area contributed by atoms with E-state index in [2.05, 4.69) is 15.3 Å². The van der Waals surface area contributed by atoms with Gasteiger partial charge in [-0.15, -0.1) is 0 Å². The van der Waals surface area contributed by atoms with E-state index in [9.17, 15) is 0 Å². The highest BCUT2D eigenvalue weighted by atomic mass is 16.5. The predicted octanol–water partition coefficient (Wildman–Crippen LogP) is 2.54. The SMILES string of the molecule is COc1cccnc1Nc1ccc(C)cn1. The highest BCUT2D eigenvalue weighted by Gasteiger charge is 2.03. The van der Waals surface area contributed by atoms with E-state index in [4.69, 9.17) is 4.74 Å². The summed E-state index contributed by atoms with van der Waals surface area (Å²) < 4.78 is 5.19. The molecule has 0 aliphatic carbocycles. The number of aromatic nitrogens is 2. The zero-order chi connectivity index (χ0) is 11.4. The van der Waals surface area contributed by atoms with Gasteiger partial charge in [0.15, 0.2) is 11.6 Å². The molecule has 0 unspecified atom stereocenters. The monoisotopic (exact) mass is 215 g/mol. The second-order valence-electron chi connectivity index (χ2n) is 3.40. The number of nitrogens with zero attached hydrogens (tertiary/aromatic N) is 2. The minimum Gasteiger partial charge on any atom is -0.493 e. The van der Waals surface area contributed by atoms with E-state index in [1.807, 2.05) is 31.2 Å². The molecule has 4 heteroatoms. The van der Waals surface area contributed by atoms with E-state index in [1.54, 1.807) is 19.5 Å². The lowest BCUT2D eigenvalue weighted by Crippen LogP contribution is -1.98. The number of aryl methyl sites for hydroxylation is 1. The van der Waals surface area contributed by atoms with Gasteiger partial charge in [-0.3, -0.25) is 0 Å². The van der Waals surface area contributed by atoms with Crippen LogP contribution in [-0.4, -0.2) is 17.1 Å². The van der Waals surface area contributed by atoms with E-state index in [-0.39, 0.29) is 0 Å². The summed E-state index contributed by atoms with van der Waals surface area (Å²) in [7, 11) is 1.62. The molecule has 0 aliphatic heterocycles. The minimum absolute atomic E-state index is 0.668. The number of ether oxygens (including phenoxy) is 1. The van der Waals surface area contributed by atoms with Crippen molar-refractivity contribution in [3.05, 3.63) is 42.2 Å². The molecule has 0 aromatic carbocycles. The van der Waals surface area contributed by atoms with E-state index < -0.39 is 0 Å². The Morgan fingerprint density at radius 3 is 2.75 bits per heavy atom. The van der Waals surface area contributed by atoms with Crippen LogP contribution in [0.5, 0.6) is 5.75 Å². The van der Waals surface area contributed by atoms with Crippen LogP contribution in [-0.2, 0) is 0 Å². The first-order valence-corrected chi connectivity index (χ1v) is 4.98. The third-order valence-corrected chi connectivity index (χ3v) is 2.15. The second-order valence-corrected chi connectivity index (χ2v) is 3.40. The summed E-state index contributed by atoms with van der Waals surface area (Å²) in [5.41, 5.74) is 1.12. The third-order valence-electron chi connectivity index (χ3n) is 2.15. The van der Waals surface area contributed by atoms with E-state index >= 15 is 0 Å². The Morgan fingerprint density at radius 2 is 2.06 bits per heavy atom. The molecule has 2 rings (SSSR count). The van der Waals surface area contributed by atoms with E-state index in [0.29, 0.717) is 11.6 Å². The average molecular weight is 215 g/mol. The van der Waals surface area contributed by atoms with Crippen molar-refractivity contribution in [2.75, 3.05) is 12.4 Å². The Kier molecular flexibility index (Phi) is 3.00. The molecule has 0 amide bonds. The van der Waals surface area contributed by atoms with Crippen LogP contribution >= 0.6 is 0 Å². The fraction of sp³-hybridized carbons (Fsp3) is 0.167. The van der Waals surface area contributed by atoms with Crippen molar-refractivity contribution in [3.63, 3.8) is 0 Å². The highest BCUT2D eigenvalue weighted by molar-refractivity contribution is 5.59. The van der Waals surface area contributed by atoms with Gasteiger partial charge in [-0.1, -0.05) is 6.07 Å². The number of methoxy groups -OCH3 is 1. The summed E-state index contributed by atoms with van der Waals surface area (Å²) in [6, 6.07) is 7.57. The van der Waals surface area contributed by atoms with Gasteiger partial charge in [-0.2, -0.15) is 0 Å². The van der Waals surface area contributed by atoms with Gasteiger partial charge in [0.2, 0.25) is 0 Å². The number of anilines is 2. The first-order valence-electron chi connectivity index (χ1n) is 4.98. The Hall–Kier alpha value is -2.10.